The molecule has 0 amide bonds. The average molecular weight is 522 g/mol. The van der Waals surface area contributed by atoms with E-state index in [2.05, 4.69) is 10.3 Å². The van der Waals surface area contributed by atoms with Crippen LogP contribution < -0.4 is 0 Å². The molecule has 0 N–H and O–H groups in total. The SMILES string of the molecule is Cc1ccc(S(=O)(=O)N(Cc2cc(-c3ccccc3F)no2)Cc2cc(-c3ccccc3F)no2)cc1. The van der Waals surface area contributed by atoms with Crippen LogP contribution in [0.15, 0.2) is 98.9 Å². The molecule has 0 atom stereocenters. The van der Waals surface area contributed by atoms with Gasteiger partial charge in [-0.25, -0.2) is 17.2 Å². The molecule has 0 aliphatic rings. The van der Waals surface area contributed by atoms with E-state index in [1.165, 1.54) is 36.4 Å². The number of aryl methyl sites for hydroxylation is 1. The second-order valence-electron chi connectivity index (χ2n) is 8.40. The fraction of sp³-hybridized carbons (Fsp3) is 0.111. The predicted octanol–water partition coefficient (Wildman–Crippen LogP) is 5.97. The molecule has 10 heteroatoms. The molecule has 0 bridgehead atoms. The van der Waals surface area contributed by atoms with Crippen molar-refractivity contribution in [3.63, 3.8) is 0 Å². The predicted molar refractivity (Wildman–Crippen MR) is 131 cm³/mol. The van der Waals surface area contributed by atoms with Gasteiger partial charge in [0.25, 0.3) is 0 Å². The minimum atomic E-state index is -4.03. The van der Waals surface area contributed by atoms with Crippen molar-refractivity contribution < 1.29 is 26.2 Å². The molecule has 0 radical (unpaired) electrons. The molecule has 0 saturated heterocycles. The lowest BCUT2D eigenvalue weighted by molar-refractivity contribution is 0.288. The van der Waals surface area contributed by atoms with E-state index in [1.54, 1.807) is 48.5 Å². The topological polar surface area (TPSA) is 89.4 Å². The Kier molecular flexibility index (Phi) is 6.68. The minimum Gasteiger partial charge on any atom is -0.359 e. The summed E-state index contributed by atoms with van der Waals surface area (Å²) >= 11 is 0. The lowest BCUT2D eigenvalue weighted by Gasteiger charge is -2.19. The standard InChI is InChI=1S/C27H21F2N3O4S/c1-18-10-12-21(13-11-18)37(33,34)32(16-19-14-26(30-35-19)22-6-2-4-8-24(22)28)17-20-15-27(31-36-20)23-7-3-5-9-25(23)29/h2-15H,16-17H2,1H3. The van der Waals surface area contributed by atoms with Crippen LogP contribution in [0.5, 0.6) is 0 Å². The van der Waals surface area contributed by atoms with Crippen molar-refractivity contribution in [1.82, 2.24) is 14.6 Å². The van der Waals surface area contributed by atoms with Crippen LogP contribution in [0.1, 0.15) is 17.1 Å². The number of hydrogen-bond donors (Lipinski definition) is 0. The van der Waals surface area contributed by atoms with E-state index >= 15 is 0 Å². The van der Waals surface area contributed by atoms with Gasteiger partial charge < -0.3 is 9.05 Å². The van der Waals surface area contributed by atoms with Gasteiger partial charge in [-0.1, -0.05) is 52.3 Å². The first-order valence-electron chi connectivity index (χ1n) is 11.3. The van der Waals surface area contributed by atoms with E-state index in [4.69, 9.17) is 9.05 Å². The van der Waals surface area contributed by atoms with Gasteiger partial charge in [-0.15, -0.1) is 0 Å². The second kappa shape index (κ2) is 10.1. The van der Waals surface area contributed by atoms with Gasteiger partial charge >= 0.3 is 0 Å². The molecule has 0 saturated carbocycles. The maximum Gasteiger partial charge on any atom is 0.243 e. The lowest BCUT2D eigenvalue weighted by atomic mass is 10.1. The molecule has 5 rings (SSSR count). The summed E-state index contributed by atoms with van der Waals surface area (Å²) in [4.78, 5) is 0.0702. The Balaban J connectivity index is 1.47. The number of nitrogens with zero attached hydrogens (tertiary/aromatic N) is 3. The van der Waals surface area contributed by atoms with Crippen molar-refractivity contribution in [2.45, 2.75) is 24.9 Å². The molecule has 0 fully saturated rings. The minimum absolute atomic E-state index is 0.0702. The molecular formula is C27H21F2N3O4S. The van der Waals surface area contributed by atoms with Gasteiger partial charge in [0.05, 0.1) is 18.0 Å². The Bertz CT molecular complexity index is 1560. The summed E-state index contributed by atoms with van der Waals surface area (Å²) in [6, 6.07) is 21.5. The van der Waals surface area contributed by atoms with Crippen LogP contribution in [0, 0.1) is 18.6 Å². The zero-order valence-electron chi connectivity index (χ0n) is 19.6. The first-order valence-corrected chi connectivity index (χ1v) is 12.7. The molecule has 0 unspecified atom stereocenters. The molecular weight excluding hydrogens is 500 g/mol. The maximum atomic E-state index is 14.2. The maximum absolute atomic E-state index is 14.2. The Morgan fingerprint density at radius 3 is 1.65 bits per heavy atom. The van der Waals surface area contributed by atoms with Gasteiger partial charge in [-0.05, 0) is 43.3 Å². The summed E-state index contributed by atoms with van der Waals surface area (Å²) in [5.74, 6) is -0.562. The van der Waals surface area contributed by atoms with E-state index in [1.807, 2.05) is 6.92 Å². The largest absolute Gasteiger partial charge is 0.359 e. The first-order chi connectivity index (χ1) is 17.8. The summed E-state index contributed by atoms with van der Waals surface area (Å²) < 4.78 is 67.5. The molecule has 37 heavy (non-hydrogen) atoms. The average Bonchev–Trinajstić information content (AvgIpc) is 3.54. The van der Waals surface area contributed by atoms with Crippen molar-refractivity contribution in [2.24, 2.45) is 0 Å². The zero-order valence-corrected chi connectivity index (χ0v) is 20.5. The van der Waals surface area contributed by atoms with Crippen molar-refractivity contribution >= 4 is 10.0 Å². The number of halogens is 2. The van der Waals surface area contributed by atoms with Gasteiger partial charge in [-0.2, -0.15) is 4.31 Å². The Hall–Kier alpha value is -4.15. The summed E-state index contributed by atoms with van der Waals surface area (Å²) in [6.07, 6.45) is 0. The number of benzene rings is 3. The van der Waals surface area contributed by atoms with Crippen LogP contribution >= 0.6 is 0 Å². The van der Waals surface area contributed by atoms with E-state index in [0.717, 1.165) is 9.87 Å². The Morgan fingerprint density at radius 2 is 1.19 bits per heavy atom. The molecule has 3 aromatic carbocycles. The highest BCUT2D eigenvalue weighted by Gasteiger charge is 2.28. The quantitative estimate of drug-likeness (QED) is 0.250. The van der Waals surface area contributed by atoms with Crippen molar-refractivity contribution in [2.75, 3.05) is 0 Å². The first kappa shape index (κ1) is 24.5. The van der Waals surface area contributed by atoms with Crippen molar-refractivity contribution in [1.29, 1.82) is 0 Å². The molecule has 2 aromatic heterocycles. The Morgan fingerprint density at radius 1 is 0.730 bits per heavy atom. The normalized spacial score (nSPS) is 11.8. The summed E-state index contributed by atoms with van der Waals surface area (Å²) in [6.45, 7) is 1.42. The Labute approximate surface area is 212 Å². The highest BCUT2D eigenvalue weighted by Crippen LogP contribution is 2.27. The zero-order chi connectivity index (χ0) is 26.0. The second-order valence-corrected chi connectivity index (χ2v) is 10.3. The van der Waals surface area contributed by atoms with Crippen LogP contribution in [0.25, 0.3) is 22.5 Å². The van der Waals surface area contributed by atoms with E-state index in [0.29, 0.717) is 0 Å². The van der Waals surface area contributed by atoms with E-state index in [-0.39, 0.29) is 52.0 Å². The summed E-state index contributed by atoms with van der Waals surface area (Å²) in [5.41, 5.74) is 1.84. The molecule has 0 aliphatic heterocycles. The van der Waals surface area contributed by atoms with Crippen LogP contribution in [0.2, 0.25) is 0 Å². The summed E-state index contributed by atoms with van der Waals surface area (Å²) in [5, 5.41) is 7.83. The molecule has 5 aromatic rings. The fourth-order valence-corrected chi connectivity index (χ4v) is 5.17. The van der Waals surface area contributed by atoms with Gasteiger partial charge in [0.2, 0.25) is 10.0 Å². The smallest absolute Gasteiger partial charge is 0.243 e. The van der Waals surface area contributed by atoms with Crippen molar-refractivity contribution in [3.05, 3.63) is 114 Å². The van der Waals surface area contributed by atoms with Gasteiger partial charge in [-0.3, -0.25) is 0 Å². The van der Waals surface area contributed by atoms with Crippen LogP contribution in [-0.2, 0) is 23.1 Å². The molecule has 0 spiro atoms. The number of sulfonamides is 1. The van der Waals surface area contributed by atoms with E-state index in [9.17, 15) is 17.2 Å². The fourth-order valence-electron chi connectivity index (χ4n) is 3.80. The van der Waals surface area contributed by atoms with Crippen LogP contribution in [0.3, 0.4) is 0 Å². The highest BCUT2D eigenvalue weighted by atomic mass is 32.2. The summed E-state index contributed by atoms with van der Waals surface area (Å²) in [7, 11) is -4.03. The van der Waals surface area contributed by atoms with Gasteiger partial charge in [0.15, 0.2) is 11.5 Å². The third-order valence-electron chi connectivity index (χ3n) is 5.74. The third-order valence-corrected chi connectivity index (χ3v) is 7.55. The van der Waals surface area contributed by atoms with Gasteiger partial charge in [0, 0.05) is 23.3 Å². The molecule has 7 nitrogen and oxygen atoms in total. The van der Waals surface area contributed by atoms with Crippen LogP contribution in [0.4, 0.5) is 8.78 Å². The van der Waals surface area contributed by atoms with Crippen molar-refractivity contribution in [3.8, 4) is 22.5 Å². The molecule has 0 aliphatic carbocycles. The van der Waals surface area contributed by atoms with E-state index < -0.39 is 21.7 Å². The van der Waals surface area contributed by atoms with Crippen LogP contribution in [-0.4, -0.2) is 23.0 Å². The molecule has 188 valence electrons. The number of hydrogen-bond acceptors (Lipinski definition) is 6. The molecule has 2 heterocycles. The third kappa shape index (κ3) is 5.20. The number of aromatic nitrogens is 2. The number of rotatable bonds is 8. The lowest BCUT2D eigenvalue weighted by Crippen LogP contribution is -2.30. The van der Waals surface area contributed by atoms with Gasteiger partial charge in [0.1, 0.15) is 23.0 Å². The monoisotopic (exact) mass is 521 g/mol. The highest BCUT2D eigenvalue weighted by molar-refractivity contribution is 7.89.